The minimum absolute atomic E-state index is 0.506. The summed E-state index contributed by atoms with van der Waals surface area (Å²) in [5, 5.41) is 13.0. The molecule has 0 radical (unpaired) electrons. The highest BCUT2D eigenvalue weighted by molar-refractivity contribution is 7.13. The number of aliphatic hydroxyl groups excluding tert-OH is 1. The molecule has 0 aliphatic carbocycles. The van der Waals surface area contributed by atoms with E-state index in [9.17, 15) is 5.11 Å². The summed E-state index contributed by atoms with van der Waals surface area (Å²) >= 11 is 1.53. The number of aromatic nitrogens is 3. The summed E-state index contributed by atoms with van der Waals surface area (Å²) in [6, 6.07) is 11.4. The van der Waals surface area contributed by atoms with Gasteiger partial charge in [0.05, 0.1) is 11.8 Å². The molecule has 0 amide bonds. The molecule has 0 fully saturated rings. The van der Waals surface area contributed by atoms with Gasteiger partial charge >= 0.3 is 0 Å². The van der Waals surface area contributed by atoms with Crippen LogP contribution in [-0.2, 0) is 6.42 Å². The van der Waals surface area contributed by atoms with Crippen LogP contribution in [0.15, 0.2) is 54.3 Å². The fourth-order valence-corrected chi connectivity index (χ4v) is 2.73. The summed E-state index contributed by atoms with van der Waals surface area (Å²) in [4.78, 5) is 12.6. The average Bonchev–Trinajstić information content (AvgIpc) is 2.97. The Bertz CT molecular complexity index is 670. The smallest absolute Gasteiger partial charge is 0.142 e. The molecule has 0 saturated carbocycles. The fraction of sp³-hybridized carbons (Fsp3) is 0.133. The first kappa shape index (κ1) is 12.9. The molecule has 0 aliphatic heterocycles. The maximum absolute atomic E-state index is 10.2. The van der Waals surface area contributed by atoms with Gasteiger partial charge in [-0.25, -0.2) is 15.0 Å². The van der Waals surface area contributed by atoms with Crippen molar-refractivity contribution < 1.29 is 5.11 Å². The Kier molecular flexibility index (Phi) is 3.80. The van der Waals surface area contributed by atoms with Crippen LogP contribution < -0.4 is 0 Å². The molecule has 0 aliphatic rings. The topological polar surface area (TPSA) is 58.9 Å². The van der Waals surface area contributed by atoms with Crippen molar-refractivity contribution >= 4 is 11.3 Å². The number of hydrogen-bond donors (Lipinski definition) is 1. The Morgan fingerprint density at radius 3 is 2.75 bits per heavy atom. The lowest BCUT2D eigenvalue weighted by molar-refractivity contribution is 0.177. The number of rotatable bonds is 4. The Morgan fingerprint density at radius 1 is 1.15 bits per heavy atom. The summed E-state index contributed by atoms with van der Waals surface area (Å²) in [6.45, 7) is 0. The quantitative estimate of drug-likeness (QED) is 0.800. The second kappa shape index (κ2) is 5.90. The second-order valence-electron chi connectivity index (χ2n) is 4.37. The molecule has 20 heavy (non-hydrogen) atoms. The van der Waals surface area contributed by atoms with Gasteiger partial charge in [-0.3, -0.25) is 0 Å². The lowest BCUT2D eigenvalue weighted by Crippen LogP contribution is -2.01. The number of benzene rings is 1. The fourth-order valence-electron chi connectivity index (χ4n) is 1.93. The van der Waals surface area contributed by atoms with Crippen LogP contribution in [0.2, 0.25) is 0 Å². The van der Waals surface area contributed by atoms with E-state index in [0.29, 0.717) is 6.42 Å². The van der Waals surface area contributed by atoms with E-state index in [2.05, 4.69) is 15.0 Å². The molecule has 4 nitrogen and oxygen atoms in total. The summed E-state index contributed by atoms with van der Waals surface area (Å²) in [6.07, 6.45) is 3.18. The first-order valence-electron chi connectivity index (χ1n) is 6.27. The minimum atomic E-state index is -0.531. The Balaban J connectivity index is 1.75. The van der Waals surface area contributed by atoms with Gasteiger partial charge in [0.25, 0.3) is 0 Å². The molecule has 100 valence electrons. The van der Waals surface area contributed by atoms with Crippen LogP contribution >= 0.6 is 11.3 Å². The molecule has 2 aromatic heterocycles. The highest BCUT2D eigenvalue weighted by atomic mass is 32.1. The van der Waals surface area contributed by atoms with Gasteiger partial charge < -0.3 is 5.11 Å². The summed E-state index contributed by atoms with van der Waals surface area (Å²) < 4.78 is 0. The zero-order valence-corrected chi connectivity index (χ0v) is 11.5. The van der Waals surface area contributed by atoms with E-state index in [1.807, 2.05) is 41.8 Å². The molecule has 0 saturated heterocycles. The van der Waals surface area contributed by atoms with Gasteiger partial charge in [-0.05, 0) is 11.6 Å². The van der Waals surface area contributed by atoms with E-state index >= 15 is 0 Å². The van der Waals surface area contributed by atoms with Gasteiger partial charge in [-0.1, -0.05) is 30.3 Å². The molecule has 1 aromatic carbocycles. The molecule has 1 N–H and O–H groups in total. The van der Waals surface area contributed by atoms with Gasteiger partial charge in [0.15, 0.2) is 0 Å². The van der Waals surface area contributed by atoms with E-state index in [1.54, 1.807) is 6.20 Å². The van der Waals surface area contributed by atoms with Crippen molar-refractivity contribution in [2.75, 3.05) is 0 Å². The van der Waals surface area contributed by atoms with E-state index in [1.165, 1.54) is 17.7 Å². The van der Waals surface area contributed by atoms with Crippen LogP contribution in [-0.4, -0.2) is 20.1 Å². The predicted octanol–water partition coefficient (Wildman–Crippen LogP) is 2.88. The Morgan fingerprint density at radius 2 is 2.00 bits per heavy atom. The first-order chi connectivity index (χ1) is 9.83. The Labute approximate surface area is 120 Å². The molecule has 3 rings (SSSR count). The summed E-state index contributed by atoms with van der Waals surface area (Å²) in [5.74, 6) is 0. The van der Waals surface area contributed by atoms with Gasteiger partial charge in [0.2, 0.25) is 0 Å². The first-order valence-corrected chi connectivity index (χ1v) is 7.14. The zero-order chi connectivity index (χ0) is 13.8. The van der Waals surface area contributed by atoms with E-state index in [-0.39, 0.29) is 0 Å². The molecule has 0 bridgehead atoms. The van der Waals surface area contributed by atoms with Gasteiger partial charge in [0.1, 0.15) is 17.0 Å². The van der Waals surface area contributed by atoms with Crippen LogP contribution in [0.5, 0.6) is 0 Å². The normalized spacial score (nSPS) is 12.2. The van der Waals surface area contributed by atoms with Crippen LogP contribution in [0.1, 0.15) is 17.4 Å². The van der Waals surface area contributed by atoms with Crippen LogP contribution in [0.3, 0.4) is 0 Å². The second-order valence-corrected chi connectivity index (χ2v) is 5.23. The van der Waals surface area contributed by atoms with Gasteiger partial charge in [0, 0.05) is 18.0 Å². The summed E-state index contributed by atoms with van der Waals surface area (Å²) in [5.41, 5.74) is 2.59. The third-order valence-electron chi connectivity index (χ3n) is 2.94. The minimum Gasteiger partial charge on any atom is -0.388 e. The van der Waals surface area contributed by atoms with E-state index < -0.39 is 6.10 Å². The predicted molar refractivity (Wildman–Crippen MR) is 78.2 cm³/mol. The maximum Gasteiger partial charge on any atom is 0.142 e. The number of aliphatic hydroxyl groups is 1. The van der Waals surface area contributed by atoms with Crippen molar-refractivity contribution in [3.8, 4) is 10.7 Å². The highest BCUT2D eigenvalue weighted by Gasteiger charge is 2.12. The molecular formula is C15H13N3OS. The van der Waals surface area contributed by atoms with Crippen molar-refractivity contribution in [2.24, 2.45) is 0 Å². The molecule has 1 atom stereocenters. The van der Waals surface area contributed by atoms with Crippen LogP contribution in [0.4, 0.5) is 0 Å². The van der Waals surface area contributed by atoms with Gasteiger partial charge in [-0.15, -0.1) is 11.3 Å². The largest absolute Gasteiger partial charge is 0.388 e. The van der Waals surface area contributed by atoms with Crippen molar-refractivity contribution in [1.82, 2.24) is 15.0 Å². The molecule has 0 spiro atoms. The number of hydrogen-bond acceptors (Lipinski definition) is 5. The highest BCUT2D eigenvalue weighted by Crippen LogP contribution is 2.24. The SMILES string of the molecule is OC(Cc1csc(-c2ccncn2)n1)c1ccccc1. The van der Waals surface area contributed by atoms with Crippen LogP contribution in [0.25, 0.3) is 10.7 Å². The lowest BCUT2D eigenvalue weighted by Gasteiger charge is -2.08. The monoisotopic (exact) mass is 283 g/mol. The maximum atomic E-state index is 10.2. The molecule has 3 aromatic rings. The number of thiazole rings is 1. The molecule has 2 heterocycles. The molecule has 1 unspecified atom stereocenters. The van der Waals surface area contributed by atoms with Crippen molar-refractivity contribution in [1.29, 1.82) is 0 Å². The van der Waals surface area contributed by atoms with E-state index in [4.69, 9.17) is 0 Å². The number of nitrogens with zero attached hydrogens (tertiary/aromatic N) is 3. The van der Waals surface area contributed by atoms with Crippen molar-refractivity contribution in [3.05, 3.63) is 65.6 Å². The third kappa shape index (κ3) is 2.89. The van der Waals surface area contributed by atoms with Crippen molar-refractivity contribution in [3.63, 3.8) is 0 Å². The standard InChI is InChI=1S/C15H13N3OS/c19-14(11-4-2-1-3-5-11)8-12-9-20-15(18-12)13-6-7-16-10-17-13/h1-7,9-10,14,19H,8H2. The Hall–Kier alpha value is -2.11. The van der Waals surface area contributed by atoms with Crippen LogP contribution in [0, 0.1) is 0 Å². The summed E-state index contributed by atoms with van der Waals surface area (Å²) in [7, 11) is 0. The molecule has 5 heteroatoms. The van der Waals surface area contributed by atoms with E-state index in [0.717, 1.165) is 22.0 Å². The average molecular weight is 283 g/mol. The lowest BCUT2D eigenvalue weighted by atomic mass is 10.1. The third-order valence-corrected chi connectivity index (χ3v) is 3.85. The van der Waals surface area contributed by atoms with Gasteiger partial charge in [-0.2, -0.15) is 0 Å². The zero-order valence-electron chi connectivity index (χ0n) is 10.7. The molecular weight excluding hydrogens is 270 g/mol. The van der Waals surface area contributed by atoms with Crippen molar-refractivity contribution in [2.45, 2.75) is 12.5 Å².